The van der Waals surface area contributed by atoms with Gasteiger partial charge in [-0.25, -0.2) is 4.39 Å². The minimum atomic E-state index is -0.372. The molecular formula is C20H22FN5OS. The van der Waals surface area contributed by atoms with Crippen LogP contribution >= 0.6 is 11.8 Å². The van der Waals surface area contributed by atoms with E-state index < -0.39 is 0 Å². The van der Waals surface area contributed by atoms with E-state index in [9.17, 15) is 9.18 Å². The first-order chi connectivity index (χ1) is 13.7. The highest BCUT2D eigenvalue weighted by atomic mass is 32.2. The van der Waals surface area contributed by atoms with Gasteiger partial charge in [-0.15, -0.1) is 10.2 Å². The van der Waals surface area contributed by atoms with Crippen LogP contribution in [0.15, 0.2) is 41.4 Å². The molecule has 1 atom stereocenters. The number of halogens is 1. The normalized spacial score (nSPS) is 15.7. The Balaban J connectivity index is 1.61. The third kappa shape index (κ3) is 3.73. The number of likely N-dealkylation sites (tertiary alicyclic amines) is 1. The number of fused-ring (bicyclic) bond motifs is 1. The maximum atomic E-state index is 14.2. The van der Waals surface area contributed by atoms with Crippen LogP contribution in [0.1, 0.15) is 32.6 Å². The summed E-state index contributed by atoms with van der Waals surface area (Å²) in [5, 5.41) is 13.3. The van der Waals surface area contributed by atoms with Crippen molar-refractivity contribution in [2.45, 2.75) is 42.9 Å². The molecule has 8 heteroatoms. The zero-order valence-electron chi connectivity index (χ0n) is 15.7. The molecule has 1 aliphatic rings. The largest absolute Gasteiger partial charge is 0.342 e. The number of thioether (sulfide) groups is 1. The summed E-state index contributed by atoms with van der Waals surface area (Å²) in [7, 11) is 0. The van der Waals surface area contributed by atoms with E-state index in [1.165, 1.54) is 24.2 Å². The fourth-order valence-electron chi connectivity index (χ4n) is 3.42. The number of aromatic nitrogens is 4. The number of hydrogen-bond acceptors (Lipinski definition) is 5. The predicted molar refractivity (Wildman–Crippen MR) is 107 cm³/mol. The summed E-state index contributed by atoms with van der Waals surface area (Å²) in [4.78, 5) is 14.8. The van der Waals surface area contributed by atoms with Crippen LogP contribution in [0.4, 0.5) is 4.39 Å². The monoisotopic (exact) mass is 399 g/mol. The van der Waals surface area contributed by atoms with Crippen LogP contribution in [0.25, 0.3) is 17.0 Å². The zero-order chi connectivity index (χ0) is 19.5. The lowest BCUT2D eigenvalue weighted by Gasteiger charge is -2.29. The average molecular weight is 399 g/mol. The Labute approximate surface area is 167 Å². The van der Waals surface area contributed by atoms with Crippen molar-refractivity contribution in [2.24, 2.45) is 0 Å². The second kappa shape index (κ2) is 8.26. The maximum Gasteiger partial charge on any atom is 0.236 e. The molecule has 3 aromatic rings. The molecule has 3 heterocycles. The number of carbonyl (C=O) groups excluding carboxylic acids is 1. The van der Waals surface area contributed by atoms with Gasteiger partial charge in [0.25, 0.3) is 0 Å². The Morgan fingerprint density at radius 3 is 2.68 bits per heavy atom. The third-order valence-corrected chi connectivity index (χ3v) is 6.21. The smallest absolute Gasteiger partial charge is 0.236 e. The molecule has 1 unspecified atom stereocenters. The van der Waals surface area contributed by atoms with E-state index in [0.29, 0.717) is 22.1 Å². The van der Waals surface area contributed by atoms with Gasteiger partial charge >= 0.3 is 0 Å². The number of piperidine rings is 1. The molecule has 1 fully saturated rings. The van der Waals surface area contributed by atoms with Crippen LogP contribution in [0.5, 0.6) is 0 Å². The van der Waals surface area contributed by atoms with Gasteiger partial charge in [-0.1, -0.05) is 30.8 Å². The quantitative estimate of drug-likeness (QED) is 0.611. The highest BCUT2D eigenvalue weighted by Crippen LogP contribution is 2.28. The summed E-state index contributed by atoms with van der Waals surface area (Å²) in [6, 6.07) is 10.1. The summed E-state index contributed by atoms with van der Waals surface area (Å²) >= 11 is 1.44. The third-order valence-electron chi connectivity index (χ3n) is 4.93. The van der Waals surface area contributed by atoms with Crippen molar-refractivity contribution in [2.75, 3.05) is 13.1 Å². The molecule has 146 valence electrons. The van der Waals surface area contributed by atoms with Crippen molar-refractivity contribution in [3.63, 3.8) is 0 Å². The minimum absolute atomic E-state index is 0.173. The fraction of sp³-hybridized carbons (Fsp3) is 0.400. The van der Waals surface area contributed by atoms with E-state index in [1.807, 2.05) is 17.9 Å². The van der Waals surface area contributed by atoms with Crippen molar-refractivity contribution >= 4 is 23.3 Å². The first-order valence-electron chi connectivity index (χ1n) is 9.60. The predicted octanol–water partition coefficient (Wildman–Crippen LogP) is 3.81. The molecule has 0 saturated carbocycles. The lowest BCUT2D eigenvalue weighted by atomic mass is 10.1. The number of amides is 1. The molecule has 1 aliphatic heterocycles. The zero-order valence-corrected chi connectivity index (χ0v) is 16.5. The molecule has 1 saturated heterocycles. The van der Waals surface area contributed by atoms with E-state index in [2.05, 4.69) is 15.3 Å². The Kier molecular flexibility index (Phi) is 5.57. The van der Waals surface area contributed by atoms with Crippen molar-refractivity contribution in [1.29, 1.82) is 0 Å². The summed E-state index contributed by atoms with van der Waals surface area (Å²) in [5.41, 5.74) is 0.888. The van der Waals surface area contributed by atoms with Crippen LogP contribution in [0.3, 0.4) is 0 Å². The second-order valence-corrected chi connectivity index (χ2v) is 8.07. The maximum absolute atomic E-state index is 14.2. The van der Waals surface area contributed by atoms with Gasteiger partial charge in [-0.2, -0.15) is 9.61 Å². The lowest BCUT2D eigenvalue weighted by molar-refractivity contribution is -0.131. The van der Waals surface area contributed by atoms with Crippen LogP contribution in [-0.2, 0) is 4.79 Å². The lowest BCUT2D eigenvalue weighted by Crippen LogP contribution is -2.40. The van der Waals surface area contributed by atoms with Crippen LogP contribution in [0, 0.1) is 5.82 Å². The number of nitrogens with zero attached hydrogens (tertiary/aromatic N) is 5. The molecule has 0 radical (unpaired) electrons. The highest BCUT2D eigenvalue weighted by molar-refractivity contribution is 8.00. The van der Waals surface area contributed by atoms with Crippen molar-refractivity contribution in [3.8, 4) is 11.4 Å². The number of carbonyl (C=O) groups is 1. The Morgan fingerprint density at radius 1 is 1.14 bits per heavy atom. The molecule has 0 spiro atoms. The summed E-state index contributed by atoms with van der Waals surface area (Å²) < 4.78 is 15.7. The van der Waals surface area contributed by atoms with Crippen LogP contribution < -0.4 is 0 Å². The van der Waals surface area contributed by atoms with Crippen molar-refractivity contribution in [1.82, 2.24) is 24.7 Å². The first kappa shape index (κ1) is 18.9. The second-order valence-electron chi connectivity index (χ2n) is 6.85. The molecule has 28 heavy (non-hydrogen) atoms. The van der Waals surface area contributed by atoms with E-state index in [4.69, 9.17) is 0 Å². The molecule has 4 rings (SSSR count). The number of hydrogen-bond donors (Lipinski definition) is 0. The summed E-state index contributed by atoms with van der Waals surface area (Å²) in [6.07, 6.45) is 4.06. The molecule has 0 bridgehead atoms. The highest BCUT2D eigenvalue weighted by Gasteiger charge is 2.26. The van der Waals surface area contributed by atoms with Gasteiger partial charge < -0.3 is 4.90 Å². The van der Waals surface area contributed by atoms with Gasteiger partial charge in [0.05, 0.1) is 10.8 Å². The number of benzene rings is 1. The minimum Gasteiger partial charge on any atom is -0.342 e. The average Bonchev–Trinajstić information content (AvgIpc) is 3.15. The molecule has 2 aromatic heterocycles. The molecule has 1 amide bonds. The fourth-order valence-corrected chi connectivity index (χ4v) is 4.40. The van der Waals surface area contributed by atoms with E-state index >= 15 is 0 Å². The molecule has 0 N–H and O–H groups in total. The van der Waals surface area contributed by atoms with Gasteiger partial charge in [0.1, 0.15) is 10.8 Å². The standard InChI is InChI=1S/C20H22FN5OS/c1-2-16(20(27)25-12-6-3-7-13-25)28-18-11-10-17-22-23-19(26(17)24-18)14-8-4-5-9-15(14)21/h4-5,8-11,16H,2-3,6-7,12-13H2,1H3. The van der Waals surface area contributed by atoms with Crippen molar-refractivity contribution in [3.05, 3.63) is 42.2 Å². The Morgan fingerprint density at radius 2 is 1.93 bits per heavy atom. The van der Waals surface area contributed by atoms with Gasteiger partial charge in [-0.3, -0.25) is 4.79 Å². The van der Waals surface area contributed by atoms with Gasteiger partial charge in [-0.05, 0) is 49.9 Å². The SMILES string of the molecule is CCC(Sc1ccc2nnc(-c3ccccc3F)n2n1)C(=O)N1CCCCC1. The Bertz CT molecular complexity index is 986. The Hall–Kier alpha value is -2.48. The summed E-state index contributed by atoms with van der Waals surface area (Å²) in [5.74, 6) is 0.154. The van der Waals surface area contributed by atoms with Gasteiger partial charge in [0.2, 0.25) is 5.91 Å². The molecular weight excluding hydrogens is 377 g/mol. The van der Waals surface area contributed by atoms with Crippen LogP contribution in [-0.4, -0.2) is 49.0 Å². The summed E-state index contributed by atoms with van der Waals surface area (Å²) in [6.45, 7) is 3.69. The molecule has 0 aliphatic carbocycles. The van der Waals surface area contributed by atoms with Gasteiger partial charge in [0, 0.05) is 13.1 Å². The van der Waals surface area contributed by atoms with Crippen molar-refractivity contribution < 1.29 is 9.18 Å². The van der Waals surface area contributed by atoms with E-state index in [1.54, 1.807) is 28.8 Å². The van der Waals surface area contributed by atoms with E-state index in [-0.39, 0.29) is 17.0 Å². The first-order valence-corrected chi connectivity index (χ1v) is 10.5. The molecule has 6 nitrogen and oxygen atoms in total. The molecule has 1 aromatic carbocycles. The topological polar surface area (TPSA) is 63.4 Å². The number of rotatable bonds is 5. The van der Waals surface area contributed by atoms with E-state index in [0.717, 1.165) is 32.4 Å². The van der Waals surface area contributed by atoms with Crippen LogP contribution in [0.2, 0.25) is 0 Å². The van der Waals surface area contributed by atoms with Gasteiger partial charge in [0.15, 0.2) is 11.5 Å².